The highest BCUT2D eigenvalue weighted by Crippen LogP contribution is 2.33. The van der Waals surface area contributed by atoms with Crippen LogP contribution >= 0.6 is 0 Å². The van der Waals surface area contributed by atoms with E-state index in [2.05, 4.69) is 0 Å². The van der Waals surface area contributed by atoms with Gasteiger partial charge in [0.1, 0.15) is 5.75 Å². The Morgan fingerprint density at radius 1 is 1.22 bits per heavy atom. The standard InChI is InChI=1S/C15H22O3/c1-5-10-9-13(16)12(15(2,3)4)8-11(10)6-7-14(17)18/h8-9,16H,5-7H2,1-4H3,(H,17,18). The molecule has 18 heavy (non-hydrogen) atoms. The van der Waals surface area contributed by atoms with Crippen molar-refractivity contribution < 1.29 is 15.0 Å². The van der Waals surface area contributed by atoms with E-state index >= 15 is 0 Å². The third-order valence-electron chi connectivity index (χ3n) is 3.12. The lowest BCUT2D eigenvalue weighted by molar-refractivity contribution is -0.136. The zero-order chi connectivity index (χ0) is 13.9. The lowest BCUT2D eigenvalue weighted by Gasteiger charge is -2.22. The molecule has 0 fully saturated rings. The van der Waals surface area contributed by atoms with Crippen LogP contribution in [0.4, 0.5) is 0 Å². The molecule has 1 rings (SSSR count). The van der Waals surface area contributed by atoms with Crippen molar-refractivity contribution in [1.29, 1.82) is 0 Å². The van der Waals surface area contributed by atoms with Crippen molar-refractivity contribution in [2.24, 2.45) is 0 Å². The van der Waals surface area contributed by atoms with Gasteiger partial charge < -0.3 is 10.2 Å². The van der Waals surface area contributed by atoms with E-state index in [1.165, 1.54) is 0 Å². The van der Waals surface area contributed by atoms with Crippen LogP contribution in [-0.2, 0) is 23.1 Å². The molecule has 1 aromatic rings. The molecule has 3 nitrogen and oxygen atoms in total. The first-order valence-electron chi connectivity index (χ1n) is 6.32. The molecular weight excluding hydrogens is 228 g/mol. The average molecular weight is 250 g/mol. The van der Waals surface area contributed by atoms with Gasteiger partial charge in [-0.3, -0.25) is 4.79 Å². The van der Waals surface area contributed by atoms with Crippen LogP contribution in [0.25, 0.3) is 0 Å². The van der Waals surface area contributed by atoms with Crippen LogP contribution < -0.4 is 0 Å². The second-order valence-corrected chi connectivity index (χ2v) is 5.64. The third kappa shape index (κ3) is 3.49. The van der Waals surface area contributed by atoms with Crippen LogP contribution in [0.1, 0.15) is 50.8 Å². The molecule has 1 aromatic carbocycles. The first kappa shape index (κ1) is 14.6. The number of carbonyl (C=O) groups is 1. The molecule has 0 aromatic heterocycles. The minimum absolute atomic E-state index is 0.126. The number of rotatable bonds is 4. The Hall–Kier alpha value is -1.51. The normalized spacial score (nSPS) is 11.6. The Bertz CT molecular complexity index is 442. The van der Waals surface area contributed by atoms with Crippen molar-refractivity contribution in [1.82, 2.24) is 0 Å². The van der Waals surface area contributed by atoms with E-state index in [1.807, 2.05) is 33.8 Å². The highest BCUT2D eigenvalue weighted by Gasteiger charge is 2.20. The van der Waals surface area contributed by atoms with Gasteiger partial charge in [0, 0.05) is 6.42 Å². The number of hydrogen-bond acceptors (Lipinski definition) is 2. The summed E-state index contributed by atoms with van der Waals surface area (Å²) >= 11 is 0. The maximum Gasteiger partial charge on any atom is 0.303 e. The number of hydrogen-bond donors (Lipinski definition) is 2. The Morgan fingerprint density at radius 3 is 2.28 bits per heavy atom. The maximum atomic E-state index is 10.7. The first-order chi connectivity index (χ1) is 8.25. The third-order valence-corrected chi connectivity index (χ3v) is 3.12. The van der Waals surface area contributed by atoms with Crippen LogP contribution in [0.2, 0.25) is 0 Å². The van der Waals surface area contributed by atoms with E-state index in [-0.39, 0.29) is 11.8 Å². The zero-order valence-electron chi connectivity index (χ0n) is 11.6. The summed E-state index contributed by atoms with van der Waals surface area (Å²) in [6.07, 6.45) is 1.44. The van der Waals surface area contributed by atoms with Gasteiger partial charge in [-0.25, -0.2) is 0 Å². The number of phenols is 1. The van der Waals surface area contributed by atoms with Gasteiger partial charge in [0.05, 0.1) is 0 Å². The largest absolute Gasteiger partial charge is 0.508 e. The summed E-state index contributed by atoms with van der Waals surface area (Å²) in [5.74, 6) is -0.485. The van der Waals surface area contributed by atoms with E-state index in [1.54, 1.807) is 6.07 Å². The van der Waals surface area contributed by atoms with E-state index in [4.69, 9.17) is 5.11 Å². The topological polar surface area (TPSA) is 57.5 Å². The lowest BCUT2D eigenvalue weighted by atomic mass is 9.83. The van der Waals surface area contributed by atoms with Crippen molar-refractivity contribution in [2.45, 2.75) is 52.4 Å². The van der Waals surface area contributed by atoms with E-state index in [9.17, 15) is 9.90 Å². The number of aromatic hydroxyl groups is 1. The van der Waals surface area contributed by atoms with Crippen molar-refractivity contribution >= 4 is 5.97 Å². The molecule has 0 saturated heterocycles. The van der Waals surface area contributed by atoms with Gasteiger partial charge in [-0.2, -0.15) is 0 Å². The monoisotopic (exact) mass is 250 g/mol. The SMILES string of the molecule is CCc1cc(O)c(C(C)(C)C)cc1CCC(=O)O. The molecular formula is C15H22O3. The van der Waals surface area contributed by atoms with Gasteiger partial charge in [0.2, 0.25) is 0 Å². The van der Waals surface area contributed by atoms with Crippen molar-refractivity contribution in [3.63, 3.8) is 0 Å². The van der Waals surface area contributed by atoms with Crippen LogP contribution in [-0.4, -0.2) is 16.2 Å². The fourth-order valence-corrected chi connectivity index (χ4v) is 2.08. The predicted octanol–water partition coefficient (Wildman–Crippen LogP) is 3.27. The van der Waals surface area contributed by atoms with Gasteiger partial charge in [0.15, 0.2) is 0 Å². The fourth-order valence-electron chi connectivity index (χ4n) is 2.08. The molecule has 0 aliphatic carbocycles. The maximum absolute atomic E-state index is 10.7. The first-order valence-corrected chi connectivity index (χ1v) is 6.32. The second kappa shape index (κ2) is 5.42. The molecule has 0 amide bonds. The molecule has 2 N–H and O–H groups in total. The van der Waals surface area contributed by atoms with Gasteiger partial charge in [-0.1, -0.05) is 33.8 Å². The van der Waals surface area contributed by atoms with Crippen LogP contribution in [0.5, 0.6) is 5.75 Å². The van der Waals surface area contributed by atoms with Gasteiger partial charge >= 0.3 is 5.97 Å². The molecule has 100 valence electrons. The van der Waals surface area contributed by atoms with E-state index < -0.39 is 5.97 Å². The number of phenolic OH excluding ortho intramolecular Hbond substituents is 1. The number of benzene rings is 1. The van der Waals surface area contributed by atoms with Crippen LogP contribution in [0, 0.1) is 0 Å². The summed E-state index contributed by atoms with van der Waals surface area (Å²) in [6, 6.07) is 3.73. The lowest BCUT2D eigenvalue weighted by Crippen LogP contribution is -2.13. The Balaban J connectivity index is 3.18. The van der Waals surface area contributed by atoms with Crippen molar-refractivity contribution in [3.05, 3.63) is 28.8 Å². The average Bonchev–Trinajstić information content (AvgIpc) is 2.24. The van der Waals surface area contributed by atoms with Gasteiger partial charge in [-0.05, 0) is 41.0 Å². The number of carboxylic acids is 1. The van der Waals surface area contributed by atoms with Crippen molar-refractivity contribution in [2.75, 3.05) is 0 Å². The van der Waals surface area contributed by atoms with E-state index in [0.29, 0.717) is 12.2 Å². The highest BCUT2D eigenvalue weighted by molar-refractivity contribution is 5.67. The molecule has 0 aliphatic heterocycles. The molecule has 0 spiro atoms. The molecule has 0 bridgehead atoms. The summed E-state index contributed by atoms with van der Waals surface area (Å²) in [5, 5.41) is 18.8. The van der Waals surface area contributed by atoms with Crippen LogP contribution in [0.3, 0.4) is 0 Å². The number of aliphatic carboxylic acids is 1. The molecule has 0 saturated carbocycles. The van der Waals surface area contributed by atoms with Gasteiger partial charge in [-0.15, -0.1) is 0 Å². The summed E-state index contributed by atoms with van der Waals surface area (Å²) in [5.41, 5.74) is 2.79. The van der Waals surface area contributed by atoms with Crippen molar-refractivity contribution in [3.8, 4) is 5.75 Å². The zero-order valence-corrected chi connectivity index (χ0v) is 11.6. The Kier molecular flexibility index (Phi) is 4.38. The minimum atomic E-state index is -0.789. The summed E-state index contributed by atoms with van der Waals surface area (Å²) in [4.78, 5) is 10.7. The fraction of sp³-hybridized carbons (Fsp3) is 0.533. The summed E-state index contributed by atoms with van der Waals surface area (Å²) < 4.78 is 0. The summed E-state index contributed by atoms with van der Waals surface area (Å²) in [6.45, 7) is 8.12. The molecule has 0 unspecified atom stereocenters. The quantitative estimate of drug-likeness (QED) is 0.862. The molecule has 0 heterocycles. The molecule has 0 aliphatic rings. The summed E-state index contributed by atoms with van der Waals surface area (Å²) in [7, 11) is 0. The molecule has 0 radical (unpaired) electrons. The number of aryl methyl sites for hydroxylation is 2. The van der Waals surface area contributed by atoms with Crippen LogP contribution in [0.15, 0.2) is 12.1 Å². The number of carboxylic acid groups (broad SMARTS) is 1. The Labute approximate surface area is 108 Å². The van der Waals surface area contributed by atoms with Gasteiger partial charge in [0.25, 0.3) is 0 Å². The smallest absolute Gasteiger partial charge is 0.303 e. The molecule has 0 atom stereocenters. The second-order valence-electron chi connectivity index (χ2n) is 5.64. The van der Waals surface area contributed by atoms with E-state index in [0.717, 1.165) is 23.1 Å². The Morgan fingerprint density at radius 2 is 1.83 bits per heavy atom. The highest BCUT2D eigenvalue weighted by atomic mass is 16.4. The predicted molar refractivity (Wildman–Crippen MR) is 72.1 cm³/mol. The molecule has 3 heteroatoms. The minimum Gasteiger partial charge on any atom is -0.508 e.